The fourth-order valence-electron chi connectivity index (χ4n) is 3.00. The maximum Gasteiger partial charge on any atom is 0.284 e. The second-order valence-electron chi connectivity index (χ2n) is 6.40. The van der Waals surface area contributed by atoms with Crippen molar-refractivity contribution in [3.05, 3.63) is 53.4 Å². The normalized spacial score (nSPS) is 15.6. The highest BCUT2D eigenvalue weighted by Gasteiger charge is 2.32. The zero-order valence-corrected chi connectivity index (χ0v) is 16.7. The number of hydrogen-bond acceptors (Lipinski definition) is 7. The number of benzene rings is 1. The van der Waals surface area contributed by atoms with Crippen molar-refractivity contribution in [1.82, 2.24) is 9.29 Å². The number of sulfonamides is 1. The van der Waals surface area contributed by atoms with Crippen LogP contribution in [0, 0.1) is 5.82 Å². The highest BCUT2D eigenvalue weighted by atomic mass is 32.2. The first-order valence-corrected chi connectivity index (χ1v) is 11.0. The lowest BCUT2D eigenvalue weighted by atomic mass is 10.2. The number of hydrogen-bond donors (Lipinski definition) is 1. The van der Waals surface area contributed by atoms with Gasteiger partial charge in [0.05, 0.1) is 5.69 Å². The summed E-state index contributed by atoms with van der Waals surface area (Å²) in [4.78, 5) is 17.7. The Hall–Kier alpha value is -2.76. The van der Waals surface area contributed by atoms with Crippen LogP contribution in [0.15, 0.2) is 51.3 Å². The fraction of sp³-hybridized carbons (Fsp3) is 0.222. The van der Waals surface area contributed by atoms with Gasteiger partial charge >= 0.3 is 0 Å². The van der Waals surface area contributed by atoms with Gasteiger partial charge in [-0.1, -0.05) is 0 Å². The number of halogens is 1. The maximum absolute atomic E-state index is 13.1. The summed E-state index contributed by atoms with van der Waals surface area (Å²) < 4.78 is 44.9. The van der Waals surface area contributed by atoms with E-state index in [1.54, 1.807) is 12.1 Å². The van der Waals surface area contributed by atoms with Crippen molar-refractivity contribution in [2.24, 2.45) is 5.73 Å². The molecule has 8 nitrogen and oxygen atoms in total. The number of nitrogens with zero attached hydrogens (tertiary/aromatic N) is 3. The van der Waals surface area contributed by atoms with E-state index in [0.717, 1.165) is 16.4 Å². The van der Waals surface area contributed by atoms with Gasteiger partial charge in [0.2, 0.25) is 5.09 Å². The number of aromatic nitrogens is 1. The minimum absolute atomic E-state index is 0.196. The largest absolute Gasteiger partial charge is 0.438 e. The van der Waals surface area contributed by atoms with Gasteiger partial charge in [-0.2, -0.15) is 4.31 Å². The molecule has 11 heteroatoms. The van der Waals surface area contributed by atoms with E-state index in [1.807, 2.05) is 10.3 Å². The summed E-state index contributed by atoms with van der Waals surface area (Å²) in [5, 5.41) is 2.36. The lowest BCUT2D eigenvalue weighted by molar-refractivity contribution is 0.0968. The number of carbonyl (C=O) groups is 1. The van der Waals surface area contributed by atoms with Gasteiger partial charge in [-0.05, 0) is 36.4 Å². The van der Waals surface area contributed by atoms with Crippen LogP contribution < -0.4 is 10.6 Å². The number of furan rings is 1. The number of rotatable bonds is 5. The minimum atomic E-state index is -3.84. The molecule has 1 amide bonds. The number of primary amides is 1. The molecule has 0 atom stereocenters. The molecule has 3 heterocycles. The molecule has 0 unspecified atom stereocenters. The van der Waals surface area contributed by atoms with E-state index in [1.165, 1.54) is 39.9 Å². The monoisotopic (exact) mass is 436 g/mol. The van der Waals surface area contributed by atoms with E-state index >= 15 is 0 Å². The summed E-state index contributed by atoms with van der Waals surface area (Å²) in [5.41, 5.74) is 6.67. The number of piperazine rings is 1. The van der Waals surface area contributed by atoms with Crippen LogP contribution >= 0.6 is 11.3 Å². The van der Waals surface area contributed by atoms with E-state index in [2.05, 4.69) is 4.98 Å². The average molecular weight is 436 g/mol. The van der Waals surface area contributed by atoms with Crippen LogP contribution in [-0.2, 0) is 10.0 Å². The minimum Gasteiger partial charge on any atom is -0.438 e. The van der Waals surface area contributed by atoms with Crippen LogP contribution in [0.4, 0.5) is 9.52 Å². The molecule has 1 aliphatic heterocycles. The van der Waals surface area contributed by atoms with Gasteiger partial charge in [-0.3, -0.25) is 4.79 Å². The van der Waals surface area contributed by atoms with Gasteiger partial charge in [-0.15, -0.1) is 11.3 Å². The summed E-state index contributed by atoms with van der Waals surface area (Å²) in [5.74, 6) is -1.32. The smallest absolute Gasteiger partial charge is 0.284 e. The molecule has 0 saturated carbocycles. The van der Waals surface area contributed by atoms with Gasteiger partial charge < -0.3 is 15.1 Å². The number of anilines is 1. The van der Waals surface area contributed by atoms with Gasteiger partial charge in [-0.25, -0.2) is 17.8 Å². The first kappa shape index (κ1) is 19.6. The zero-order valence-electron chi connectivity index (χ0n) is 15.1. The molecule has 0 radical (unpaired) electrons. The molecule has 1 saturated heterocycles. The summed E-state index contributed by atoms with van der Waals surface area (Å²) in [6.45, 7) is 1.42. The van der Waals surface area contributed by atoms with Crippen LogP contribution in [0.5, 0.6) is 0 Å². The molecule has 0 bridgehead atoms. The van der Waals surface area contributed by atoms with Gasteiger partial charge in [0, 0.05) is 37.1 Å². The second kappa shape index (κ2) is 7.58. The van der Waals surface area contributed by atoms with Crippen molar-refractivity contribution in [3.8, 4) is 11.3 Å². The average Bonchev–Trinajstić information content (AvgIpc) is 3.39. The lowest BCUT2D eigenvalue weighted by Gasteiger charge is -2.33. The Balaban J connectivity index is 1.44. The van der Waals surface area contributed by atoms with Crippen molar-refractivity contribution in [2.45, 2.75) is 5.09 Å². The Morgan fingerprint density at radius 2 is 1.79 bits per heavy atom. The van der Waals surface area contributed by atoms with Crippen molar-refractivity contribution >= 4 is 32.4 Å². The Bertz CT molecular complexity index is 1130. The molecule has 1 aromatic carbocycles. The number of amides is 1. The molecule has 1 aliphatic rings. The van der Waals surface area contributed by atoms with Crippen LogP contribution in [0.25, 0.3) is 11.3 Å². The molecular formula is C18H17FN4O4S2. The molecule has 0 spiro atoms. The third-order valence-electron chi connectivity index (χ3n) is 4.56. The predicted octanol–water partition coefficient (Wildman–Crippen LogP) is 2.15. The lowest BCUT2D eigenvalue weighted by Crippen LogP contribution is -2.48. The van der Waals surface area contributed by atoms with E-state index in [9.17, 15) is 17.6 Å². The Morgan fingerprint density at radius 3 is 2.41 bits per heavy atom. The predicted molar refractivity (Wildman–Crippen MR) is 106 cm³/mol. The van der Waals surface area contributed by atoms with Gasteiger partial charge in [0.1, 0.15) is 5.82 Å². The molecule has 0 aliphatic carbocycles. The van der Waals surface area contributed by atoms with Crippen molar-refractivity contribution in [1.29, 1.82) is 0 Å². The van der Waals surface area contributed by atoms with E-state index in [-0.39, 0.29) is 29.8 Å². The molecule has 1 fully saturated rings. The van der Waals surface area contributed by atoms with E-state index in [4.69, 9.17) is 10.2 Å². The zero-order chi connectivity index (χ0) is 20.6. The standard InChI is InChI=1S/C18H17FN4O4S2/c19-13-3-1-12(2-4-13)14-11-28-18(21-14)22-7-9-23(10-8-22)29(25,26)16-6-5-15(27-16)17(20)24/h1-6,11H,7-10H2,(H2,20,24). The molecule has 4 rings (SSSR count). The summed E-state index contributed by atoms with van der Waals surface area (Å²) in [7, 11) is -3.84. The highest BCUT2D eigenvalue weighted by Crippen LogP contribution is 2.29. The summed E-state index contributed by atoms with van der Waals surface area (Å²) in [6.07, 6.45) is 0. The fourth-order valence-corrected chi connectivity index (χ4v) is 5.22. The first-order valence-electron chi connectivity index (χ1n) is 8.71. The van der Waals surface area contributed by atoms with E-state index < -0.39 is 15.9 Å². The summed E-state index contributed by atoms with van der Waals surface area (Å²) >= 11 is 1.45. The summed E-state index contributed by atoms with van der Waals surface area (Å²) in [6, 6.07) is 8.59. The second-order valence-corrected chi connectivity index (χ2v) is 9.10. The molecule has 152 valence electrons. The Morgan fingerprint density at radius 1 is 1.10 bits per heavy atom. The third kappa shape index (κ3) is 3.88. The molecule has 2 N–H and O–H groups in total. The van der Waals surface area contributed by atoms with Crippen molar-refractivity contribution in [3.63, 3.8) is 0 Å². The Labute approximate surface area is 170 Å². The third-order valence-corrected chi connectivity index (χ3v) is 7.23. The first-order chi connectivity index (χ1) is 13.8. The molecule has 2 aromatic heterocycles. The van der Waals surface area contributed by atoms with Gasteiger partial charge in [0.15, 0.2) is 10.9 Å². The van der Waals surface area contributed by atoms with Crippen LogP contribution in [0.1, 0.15) is 10.6 Å². The van der Waals surface area contributed by atoms with Crippen LogP contribution in [0.2, 0.25) is 0 Å². The topological polar surface area (TPSA) is 110 Å². The SMILES string of the molecule is NC(=O)c1ccc(S(=O)(=O)N2CCN(c3nc(-c4ccc(F)cc4)cs3)CC2)o1. The number of carbonyl (C=O) groups excluding carboxylic acids is 1. The molecule has 29 heavy (non-hydrogen) atoms. The number of nitrogens with two attached hydrogens (primary N) is 1. The number of thiazole rings is 1. The van der Waals surface area contributed by atoms with Gasteiger partial charge in [0.25, 0.3) is 15.9 Å². The van der Waals surface area contributed by atoms with E-state index in [0.29, 0.717) is 13.1 Å². The highest BCUT2D eigenvalue weighted by molar-refractivity contribution is 7.89. The van der Waals surface area contributed by atoms with Crippen LogP contribution in [-0.4, -0.2) is 49.8 Å². The molecule has 3 aromatic rings. The Kier molecular flexibility index (Phi) is 5.11. The van der Waals surface area contributed by atoms with Crippen molar-refractivity contribution in [2.75, 3.05) is 31.1 Å². The maximum atomic E-state index is 13.1. The molecular weight excluding hydrogens is 419 g/mol. The van der Waals surface area contributed by atoms with Crippen molar-refractivity contribution < 1.29 is 22.0 Å². The van der Waals surface area contributed by atoms with Crippen LogP contribution in [0.3, 0.4) is 0 Å². The quantitative estimate of drug-likeness (QED) is 0.656.